The smallest absolute Gasteiger partial charge is 0.134 e. The lowest BCUT2D eigenvalue weighted by Gasteiger charge is -2.29. The summed E-state index contributed by atoms with van der Waals surface area (Å²) < 4.78 is 15.1. The number of rotatable bonds is 6. The van der Waals surface area contributed by atoms with Crippen LogP contribution in [0.1, 0.15) is 68.9 Å². The monoisotopic (exact) mass is 324 g/mol. The first-order chi connectivity index (χ1) is 11.7. The fourth-order valence-electron chi connectivity index (χ4n) is 4.27. The topological polar surface area (TPSA) is 0 Å². The summed E-state index contributed by atoms with van der Waals surface area (Å²) in [7, 11) is 0. The molecule has 3 rings (SSSR count). The standard InChI is InChI=1S/C23H29F/c1-3-5-7-18-10-14-22-20(16-18)13-15-21(23(22)24)19-11-8-17(6-4-2)9-12-19/h3,10,13-17,19H,1,4-9,11-12H2,2H3. The molecule has 0 heterocycles. The maximum atomic E-state index is 15.1. The minimum absolute atomic E-state index is 0.0155. The van der Waals surface area contributed by atoms with E-state index in [0.29, 0.717) is 5.92 Å². The average Bonchev–Trinajstić information content (AvgIpc) is 2.61. The van der Waals surface area contributed by atoms with Gasteiger partial charge in [0.2, 0.25) is 0 Å². The van der Waals surface area contributed by atoms with Gasteiger partial charge >= 0.3 is 0 Å². The van der Waals surface area contributed by atoms with E-state index in [1.54, 1.807) is 0 Å². The second-order valence-electron chi connectivity index (χ2n) is 7.36. The van der Waals surface area contributed by atoms with Crippen molar-refractivity contribution in [2.24, 2.45) is 5.92 Å². The van der Waals surface area contributed by atoms with Gasteiger partial charge in [-0.25, -0.2) is 4.39 Å². The lowest BCUT2D eigenvalue weighted by molar-refractivity contribution is 0.305. The molecule has 1 saturated carbocycles. The Kier molecular flexibility index (Phi) is 5.71. The SMILES string of the molecule is C=CCCc1ccc2c(F)c(C3CCC(CCC)CC3)ccc2c1. The molecular formula is C23H29F. The van der Waals surface area contributed by atoms with E-state index >= 15 is 4.39 Å². The maximum absolute atomic E-state index is 15.1. The molecular weight excluding hydrogens is 295 g/mol. The van der Waals surface area contributed by atoms with Crippen molar-refractivity contribution >= 4 is 10.8 Å². The number of aryl methyl sites for hydroxylation is 1. The number of fused-ring (bicyclic) bond motifs is 1. The third-order valence-electron chi connectivity index (χ3n) is 5.67. The van der Waals surface area contributed by atoms with Gasteiger partial charge in [-0.2, -0.15) is 0 Å². The van der Waals surface area contributed by atoms with Crippen molar-refractivity contribution in [1.82, 2.24) is 0 Å². The summed E-state index contributed by atoms with van der Waals surface area (Å²) in [6.07, 6.45) is 11.3. The third-order valence-corrected chi connectivity index (χ3v) is 5.67. The Hall–Kier alpha value is -1.63. The molecule has 0 saturated heterocycles. The van der Waals surface area contributed by atoms with Crippen molar-refractivity contribution in [3.8, 4) is 0 Å². The van der Waals surface area contributed by atoms with E-state index in [-0.39, 0.29) is 5.82 Å². The van der Waals surface area contributed by atoms with Crippen molar-refractivity contribution in [2.45, 2.75) is 64.2 Å². The molecule has 1 aliphatic carbocycles. The molecule has 1 fully saturated rings. The van der Waals surface area contributed by atoms with Crippen LogP contribution in [-0.2, 0) is 6.42 Å². The van der Waals surface area contributed by atoms with Gasteiger partial charge in [-0.05, 0) is 66.9 Å². The van der Waals surface area contributed by atoms with E-state index < -0.39 is 0 Å². The second-order valence-corrected chi connectivity index (χ2v) is 7.36. The summed E-state index contributed by atoms with van der Waals surface area (Å²) in [5.41, 5.74) is 2.20. The summed E-state index contributed by atoms with van der Waals surface area (Å²) in [5.74, 6) is 1.28. The summed E-state index contributed by atoms with van der Waals surface area (Å²) in [6, 6.07) is 10.3. The van der Waals surface area contributed by atoms with Gasteiger partial charge in [0.15, 0.2) is 0 Å². The molecule has 0 aromatic heterocycles. The van der Waals surface area contributed by atoms with Gasteiger partial charge in [0.05, 0.1) is 0 Å². The zero-order valence-electron chi connectivity index (χ0n) is 14.9. The van der Waals surface area contributed by atoms with Crippen molar-refractivity contribution in [1.29, 1.82) is 0 Å². The Morgan fingerprint density at radius 1 is 1.12 bits per heavy atom. The highest BCUT2D eigenvalue weighted by Gasteiger charge is 2.24. The van der Waals surface area contributed by atoms with E-state index in [9.17, 15) is 0 Å². The lowest BCUT2D eigenvalue weighted by Crippen LogP contribution is -2.14. The van der Waals surface area contributed by atoms with Crippen LogP contribution in [0.5, 0.6) is 0 Å². The Morgan fingerprint density at radius 2 is 1.92 bits per heavy atom. The van der Waals surface area contributed by atoms with E-state index in [4.69, 9.17) is 0 Å². The molecule has 0 aliphatic heterocycles. The number of allylic oxidation sites excluding steroid dienone is 1. The van der Waals surface area contributed by atoms with E-state index in [0.717, 1.165) is 47.9 Å². The van der Waals surface area contributed by atoms with Crippen molar-refractivity contribution < 1.29 is 4.39 Å². The van der Waals surface area contributed by atoms with Gasteiger partial charge in [0.1, 0.15) is 5.82 Å². The van der Waals surface area contributed by atoms with Crippen LogP contribution >= 0.6 is 0 Å². The molecule has 0 N–H and O–H groups in total. The molecule has 1 aliphatic rings. The molecule has 128 valence electrons. The molecule has 1 heteroatoms. The number of hydrogen-bond acceptors (Lipinski definition) is 0. The zero-order valence-corrected chi connectivity index (χ0v) is 14.9. The summed E-state index contributed by atoms with van der Waals surface area (Å²) in [5, 5.41) is 1.81. The molecule has 2 aromatic carbocycles. The molecule has 0 unspecified atom stereocenters. The van der Waals surface area contributed by atoms with E-state index in [1.165, 1.54) is 31.2 Å². The van der Waals surface area contributed by atoms with Crippen LogP contribution in [0.15, 0.2) is 43.0 Å². The van der Waals surface area contributed by atoms with Gasteiger partial charge in [-0.15, -0.1) is 6.58 Å². The Morgan fingerprint density at radius 3 is 2.62 bits per heavy atom. The van der Waals surface area contributed by atoms with Crippen molar-refractivity contribution in [3.63, 3.8) is 0 Å². The molecule has 2 aromatic rings. The molecule has 24 heavy (non-hydrogen) atoms. The summed E-state index contributed by atoms with van der Waals surface area (Å²) in [4.78, 5) is 0. The van der Waals surface area contributed by atoms with Crippen molar-refractivity contribution in [2.75, 3.05) is 0 Å². The molecule has 0 bridgehead atoms. The first-order valence-electron chi connectivity index (χ1n) is 9.54. The second kappa shape index (κ2) is 7.96. The highest BCUT2D eigenvalue weighted by Crippen LogP contribution is 2.39. The average molecular weight is 324 g/mol. The van der Waals surface area contributed by atoms with Crippen LogP contribution in [0, 0.1) is 11.7 Å². The van der Waals surface area contributed by atoms with E-state index in [1.807, 2.05) is 18.2 Å². The van der Waals surface area contributed by atoms with Gasteiger partial charge in [0, 0.05) is 5.39 Å². The fourth-order valence-corrected chi connectivity index (χ4v) is 4.27. The largest absolute Gasteiger partial charge is 0.206 e. The molecule has 0 spiro atoms. The third kappa shape index (κ3) is 3.71. The fraction of sp³-hybridized carbons (Fsp3) is 0.478. The van der Waals surface area contributed by atoms with E-state index in [2.05, 4.69) is 31.7 Å². The molecule has 0 radical (unpaired) electrons. The minimum Gasteiger partial charge on any atom is -0.206 e. The van der Waals surface area contributed by atoms with Crippen LogP contribution in [0.2, 0.25) is 0 Å². The summed E-state index contributed by atoms with van der Waals surface area (Å²) >= 11 is 0. The van der Waals surface area contributed by atoms with Crippen LogP contribution in [0.3, 0.4) is 0 Å². The highest BCUT2D eigenvalue weighted by molar-refractivity contribution is 5.84. The Balaban J connectivity index is 1.80. The predicted octanol–water partition coefficient (Wildman–Crippen LogP) is 7.17. The predicted molar refractivity (Wildman–Crippen MR) is 102 cm³/mol. The quantitative estimate of drug-likeness (QED) is 0.494. The number of halogens is 1. The maximum Gasteiger partial charge on any atom is 0.134 e. The first kappa shape index (κ1) is 17.2. The zero-order chi connectivity index (χ0) is 16.9. The van der Waals surface area contributed by atoms with Crippen LogP contribution < -0.4 is 0 Å². The minimum atomic E-state index is 0.0155. The van der Waals surface area contributed by atoms with Gasteiger partial charge < -0.3 is 0 Å². The number of benzene rings is 2. The van der Waals surface area contributed by atoms with Crippen LogP contribution in [0.25, 0.3) is 10.8 Å². The van der Waals surface area contributed by atoms with Crippen LogP contribution in [-0.4, -0.2) is 0 Å². The lowest BCUT2D eigenvalue weighted by atomic mass is 9.77. The van der Waals surface area contributed by atoms with Gasteiger partial charge in [-0.1, -0.05) is 56.2 Å². The normalized spacial score (nSPS) is 21.1. The van der Waals surface area contributed by atoms with Crippen molar-refractivity contribution in [3.05, 3.63) is 59.9 Å². The van der Waals surface area contributed by atoms with Gasteiger partial charge in [0.25, 0.3) is 0 Å². The van der Waals surface area contributed by atoms with Crippen LogP contribution in [0.4, 0.5) is 4.39 Å². The molecule has 0 nitrogen and oxygen atoms in total. The highest BCUT2D eigenvalue weighted by atomic mass is 19.1. The Bertz CT molecular complexity index is 692. The Labute approximate surface area is 145 Å². The molecule has 0 atom stereocenters. The summed E-state index contributed by atoms with van der Waals surface area (Å²) in [6.45, 7) is 6.03. The van der Waals surface area contributed by atoms with Gasteiger partial charge in [-0.3, -0.25) is 0 Å². The molecule has 0 amide bonds. The number of hydrogen-bond donors (Lipinski definition) is 0. The first-order valence-corrected chi connectivity index (χ1v) is 9.54.